The standard InChI is InChI=1S/C18H24N4O2/c23-17(6-5-14-7-8-19-13-14)21-9-11-22(12-10-21)18-20-15-3-1-2-4-16(15)24-18/h1-4,14,19H,5-13H2. The predicted molar refractivity (Wildman–Crippen MR) is 93.0 cm³/mol. The molecule has 0 spiro atoms. The number of oxazole rings is 1. The number of rotatable bonds is 4. The van der Waals surface area contributed by atoms with Crippen molar-refractivity contribution >= 4 is 23.0 Å². The Morgan fingerprint density at radius 1 is 1.25 bits per heavy atom. The van der Waals surface area contributed by atoms with Crippen molar-refractivity contribution < 1.29 is 9.21 Å². The molecule has 1 amide bonds. The van der Waals surface area contributed by atoms with Gasteiger partial charge in [-0.05, 0) is 44.0 Å². The quantitative estimate of drug-likeness (QED) is 0.928. The van der Waals surface area contributed by atoms with E-state index in [2.05, 4.69) is 15.2 Å². The van der Waals surface area contributed by atoms with Crippen molar-refractivity contribution in [3.63, 3.8) is 0 Å². The zero-order chi connectivity index (χ0) is 16.4. The predicted octanol–water partition coefficient (Wildman–Crippen LogP) is 1.87. The van der Waals surface area contributed by atoms with Crippen molar-refractivity contribution in [2.24, 2.45) is 5.92 Å². The fourth-order valence-corrected chi connectivity index (χ4v) is 3.59. The average Bonchev–Trinajstić information content (AvgIpc) is 3.29. The van der Waals surface area contributed by atoms with Crippen molar-refractivity contribution in [1.82, 2.24) is 15.2 Å². The van der Waals surface area contributed by atoms with Gasteiger partial charge in [0, 0.05) is 32.6 Å². The summed E-state index contributed by atoms with van der Waals surface area (Å²) < 4.78 is 5.82. The minimum Gasteiger partial charge on any atom is -0.423 e. The molecule has 128 valence electrons. The molecule has 1 atom stereocenters. The van der Waals surface area contributed by atoms with Gasteiger partial charge in [-0.25, -0.2) is 0 Å². The van der Waals surface area contributed by atoms with Crippen LogP contribution in [0.1, 0.15) is 19.3 Å². The second kappa shape index (κ2) is 6.81. The van der Waals surface area contributed by atoms with Crippen LogP contribution in [0.3, 0.4) is 0 Å². The van der Waals surface area contributed by atoms with Crippen molar-refractivity contribution in [1.29, 1.82) is 0 Å². The number of carbonyl (C=O) groups is 1. The van der Waals surface area contributed by atoms with E-state index in [9.17, 15) is 4.79 Å². The van der Waals surface area contributed by atoms with E-state index in [1.807, 2.05) is 29.2 Å². The van der Waals surface area contributed by atoms with Crippen molar-refractivity contribution in [2.45, 2.75) is 19.3 Å². The number of anilines is 1. The van der Waals surface area contributed by atoms with E-state index < -0.39 is 0 Å². The number of hydrogen-bond acceptors (Lipinski definition) is 5. The van der Waals surface area contributed by atoms with Gasteiger partial charge in [-0.15, -0.1) is 0 Å². The van der Waals surface area contributed by atoms with Gasteiger partial charge in [0.25, 0.3) is 6.01 Å². The van der Waals surface area contributed by atoms with Gasteiger partial charge in [-0.3, -0.25) is 4.79 Å². The van der Waals surface area contributed by atoms with E-state index in [0.717, 1.165) is 56.8 Å². The number of carbonyl (C=O) groups excluding carboxylic acids is 1. The second-order valence-electron chi connectivity index (χ2n) is 6.73. The molecule has 1 N–H and O–H groups in total. The van der Waals surface area contributed by atoms with Gasteiger partial charge in [0.05, 0.1) is 0 Å². The maximum absolute atomic E-state index is 12.4. The summed E-state index contributed by atoms with van der Waals surface area (Å²) in [7, 11) is 0. The first-order valence-corrected chi connectivity index (χ1v) is 8.88. The molecule has 1 aromatic carbocycles. The third kappa shape index (κ3) is 3.24. The first-order chi connectivity index (χ1) is 11.8. The lowest BCUT2D eigenvalue weighted by molar-refractivity contribution is -0.131. The van der Waals surface area contributed by atoms with Crippen molar-refractivity contribution in [2.75, 3.05) is 44.2 Å². The van der Waals surface area contributed by atoms with Crippen LogP contribution in [-0.2, 0) is 4.79 Å². The highest BCUT2D eigenvalue weighted by Crippen LogP contribution is 2.23. The highest BCUT2D eigenvalue weighted by atomic mass is 16.4. The molecule has 2 aliphatic rings. The molecule has 2 aliphatic heterocycles. The summed E-state index contributed by atoms with van der Waals surface area (Å²) in [6.07, 6.45) is 2.89. The van der Waals surface area contributed by atoms with E-state index in [4.69, 9.17) is 4.42 Å². The van der Waals surface area contributed by atoms with E-state index in [0.29, 0.717) is 24.3 Å². The monoisotopic (exact) mass is 328 g/mol. The third-order valence-electron chi connectivity index (χ3n) is 5.11. The molecule has 3 heterocycles. The number of piperazine rings is 1. The zero-order valence-electron chi connectivity index (χ0n) is 13.9. The van der Waals surface area contributed by atoms with E-state index in [1.165, 1.54) is 6.42 Å². The second-order valence-corrected chi connectivity index (χ2v) is 6.73. The van der Waals surface area contributed by atoms with Crippen LogP contribution in [0.25, 0.3) is 11.1 Å². The Labute approximate surface area is 141 Å². The van der Waals surface area contributed by atoms with Crippen LogP contribution in [0.5, 0.6) is 0 Å². The molecule has 0 bridgehead atoms. The normalized spacial score (nSPS) is 21.6. The molecule has 1 unspecified atom stereocenters. The summed E-state index contributed by atoms with van der Waals surface area (Å²) in [5.74, 6) is 0.967. The van der Waals surface area contributed by atoms with Crippen molar-refractivity contribution in [3.8, 4) is 0 Å². The topological polar surface area (TPSA) is 61.6 Å². The number of amides is 1. The summed E-state index contributed by atoms with van der Waals surface area (Å²) in [4.78, 5) is 21.0. The molecular formula is C18H24N4O2. The molecule has 2 fully saturated rings. The van der Waals surface area contributed by atoms with Crippen LogP contribution in [0, 0.1) is 5.92 Å². The van der Waals surface area contributed by atoms with Crippen LogP contribution in [0.2, 0.25) is 0 Å². The first-order valence-electron chi connectivity index (χ1n) is 8.88. The molecule has 2 aromatic rings. The summed E-state index contributed by atoms with van der Waals surface area (Å²) in [5.41, 5.74) is 1.70. The molecule has 2 saturated heterocycles. The van der Waals surface area contributed by atoms with E-state index in [1.54, 1.807) is 0 Å². The number of nitrogens with one attached hydrogen (secondary N) is 1. The van der Waals surface area contributed by atoms with Crippen molar-refractivity contribution in [3.05, 3.63) is 24.3 Å². The Kier molecular flexibility index (Phi) is 4.38. The Morgan fingerprint density at radius 2 is 2.08 bits per heavy atom. The zero-order valence-corrected chi connectivity index (χ0v) is 13.9. The minimum atomic E-state index is 0.291. The molecule has 0 radical (unpaired) electrons. The van der Waals surface area contributed by atoms with Gasteiger partial charge >= 0.3 is 0 Å². The Hall–Kier alpha value is -2.08. The maximum Gasteiger partial charge on any atom is 0.298 e. The van der Waals surface area contributed by atoms with Crippen LogP contribution < -0.4 is 10.2 Å². The number of benzene rings is 1. The lowest BCUT2D eigenvalue weighted by atomic mass is 10.0. The maximum atomic E-state index is 12.4. The van der Waals surface area contributed by atoms with Gasteiger partial charge in [0.2, 0.25) is 5.91 Å². The van der Waals surface area contributed by atoms with Gasteiger partial charge in [0.1, 0.15) is 5.52 Å². The Bertz CT molecular complexity index is 667. The highest BCUT2D eigenvalue weighted by Gasteiger charge is 2.25. The van der Waals surface area contributed by atoms with Crippen LogP contribution in [0.15, 0.2) is 28.7 Å². The van der Waals surface area contributed by atoms with Crippen LogP contribution in [0.4, 0.5) is 6.01 Å². The van der Waals surface area contributed by atoms with Crippen LogP contribution >= 0.6 is 0 Å². The van der Waals surface area contributed by atoms with Crippen LogP contribution in [-0.4, -0.2) is 55.1 Å². The smallest absolute Gasteiger partial charge is 0.298 e. The molecule has 0 aliphatic carbocycles. The number of nitrogens with zero attached hydrogens (tertiary/aromatic N) is 3. The Balaban J connectivity index is 1.30. The molecule has 24 heavy (non-hydrogen) atoms. The summed E-state index contributed by atoms with van der Waals surface area (Å²) >= 11 is 0. The fraction of sp³-hybridized carbons (Fsp3) is 0.556. The lowest BCUT2D eigenvalue weighted by Crippen LogP contribution is -2.49. The summed E-state index contributed by atoms with van der Waals surface area (Å²) in [5, 5.41) is 3.36. The number of hydrogen-bond donors (Lipinski definition) is 1. The van der Waals surface area contributed by atoms with Gasteiger partial charge < -0.3 is 19.5 Å². The molecular weight excluding hydrogens is 304 g/mol. The molecule has 4 rings (SSSR count). The first kappa shape index (κ1) is 15.4. The highest BCUT2D eigenvalue weighted by molar-refractivity contribution is 5.77. The van der Waals surface area contributed by atoms with E-state index in [-0.39, 0.29) is 0 Å². The largest absolute Gasteiger partial charge is 0.423 e. The fourth-order valence-electron chi connectivity index (χ4n) is 3.59. The number of aromatic nitrogens is 1. The minimum absolute atomic E-state index is 0.291. The molecule has 6 nitrogen and oxygen atoms in total. The average molecular weight is 328 g/mol. The van der Waals surface area contributed by atoms with Gasteiger partial charge in [-0.2, -0.15) is 4.98 Å². The lowest BCUT2D eigenvalue weighted by Gasteiger charge is -2.34. The molecule has 0 saturated carbocycles. The Morgan fingerprint density at radius 3 is 2.83 bits per heavy atom. The third-order valence-corrected chi connectivity index (χ3v) is 5.11. The number of fused-ring (bicyclic) bond motifs is 1. The SMILES string of the molecule is O=C(CCC1CCNC1)N1CCN(c2nc3ccccc3o2)CC1. The van der Waals surface area contributed by atoms with E-state index >= 15 is 0 Å². The molecule has 1 aromatic heterocycles. The summed E-state index contributed by atoms with van der Waals surface area (Å²) in [6, 6.07) is 8.47. The van der Waals surface area contributed by atoms with Gasteiger partial charge in [-0.1, -0.05) is 12.1 Å². The number of para-hydroxylation sites is 2. The molecule has 6 heteroatoms. The van der Waals surface area contributed by atoms with Gasteiger partial charge in [0.15, 0.2) is 5.58 Å². The summed E-state index contributed by atoms with van der Waals surface area (Å²) in [6.45, 7) is 5.23.